The molecule has 0 saturated carbocycles. The summed E-state index contributed by atoms with van der Waals surface area (Å²) in [6.45, 7) is 5.75. The largest absolute Gasteiger partial charge is 0.494 e. The van der Waals surface area contributed by atoms with Crippen LogP contribution in [-0.4, -0.2) is 51.1 Å². The lowest BCUT2D eigenvalue weighted by atomic mass is 10.1. The minimum Gasteiger partial charge on any atom is -0.494 e. The van der Waals surface area contributed by atoms with Gasteiger partial charge in [0.2, 0.25) is 5.91 Å². The molecule has 7 nitrogen and oxygen atoms in total. The first-order valence-electron chi connectivity index (χ1n) is 7.89. The summed E-state index contributed by atoms with van der Waals surface area (Å²) in [7, 11) is 0. The van der Waals surface area contributed by atoms with Crippen LogP contribution in [0.25, 0.3) is 0 Å². The smallest absolute Gasteiger partial charge is 0.222 e. The van der Waals surface area contributed by atoms with E-state index in [0.29, 0.717) is 38.4 Å². The van der Waals surface area contributed by atoms with Crippen molar-refractivity contribution in [3.63, 3.8) is 0 Å². The highest BCUT2D eigenvalue weighted by molar-refractivity contribution is 5.76. The van der Waals surface area contributed by atoms with Gasteiger partial charge in [0.25, 0.3) is 0 Å². The lowest BCUT2D eigenvalue weighted by molar-refractivity contribution is -0.131. The molecule has 0 fully saturated rings. The average Bonchev–Trinajstić information content (AvgIpc) is 3.12. The third-order valence-electron chi connectivity index (χ3n) is 3.58. The van der Waals surface area contributed by atoms with Crippen molar-refractivity contribution in [2.24, 2.45) is 0 Å². The Morgan fingerprint density at radius 2 is 2.13 bits per heavy atom. The molecule has 1 N–H and O–H groups in total. The third kappa shape index (κ3) is 5.36. The summed E-state index contributed by atoms with van der Waals surface area (Å²) in [6.07, 6.45) is 1.17. The van der Waals surface area contributed by atoms with E-state index in [0.717, 1.165) is 5.75 Å². The van der Waals surface area contributed by atoms with Gasteiger partial charge in [-0.05, 0) is 25.5 Å². The van der Waals surface area contributed by atoms with Gasteiger partial charge in [-0.15, -0.1) is 10.2 Å². The van der Waals surface area contributed by atoms with Gasteiger partial charge in [0.15, 0.2) is 5.82 Å². The first-order chi connectivity index (χ1) is 11.2. The molecule has 2 rings (SSSR count). The van der Waals surface area contributed by atoms with Gasteiger partial charge in [-0.25, -0.2) is 0 Å². The van der Waals surface area contributed by atoms with Crippen molar-refractivity contribution in [3.8, 4) is 5.75 Å². The zero-order chi connectivity index (χ0) is 16.5. The number of hydrogen-bond acceptors (Lipinski definition) is 5. The lowest BCUT2D eigenvalue weighted by Crippen LogP contribution is -2.34. The number of amides is 1. The molecule has 23 heavy (non-hydrogen) atoms. The van der Waals surface area contributed by atoms with E-state index in [4.69, 9.17) is 4.74 Å². The molecule has 0 aliphatic carbocycles. The Kier molecular flexibility index (Phi) is 6.53. The van der Waals surface area contributed by atoms with Crippen molar-refractivity contribution in [3.05, 3.63) is 36.2 Å². The first kappa shape index (κ1) is 16.9. The summed E-state index contributed by atoms with van der Waals surface area (Å²) >= 11 is 0. The molecule has 0 saturated heterocycles. The van der Waals surface area contributed by atoms with E-state index in [9.17, 15) is 4.79 Å². The van der Waals surface area contributed by atoms with E-state index in [1.54, 1.807) is 0 Å². The molecule has 7 heteroatoms. The van der Waals surface area contributed by atoms with Crippen LogP contribution in [-0.2, 0) is 4.79 Å². The van der Waals surface area contributed by atoms with Crippen molar-refractivity contribution in [1.29, 1.82) is 0 Å². The zero-order valence-corrected chi connectivity index (χ0v) is 13.6. The van der Waals surface area contributed by atoms with Crippen LogP contribution in [0, 0.1) is 0 Å². The minimum atomic E-state index is 0.0539. The Hall–Kier alpha value is -2.44. The molecule has 0 spiro atoms. The Morgan fingerprint density at radius 1 is 1.35 bits per heavy atom. The molecule has 1 atom stereocenters. The number of carbonyl (C=O) groups is 1. The summed E-state index contributed by atoms with van der Waals surface area (Å²) in [5.41, 5.74) is 0. The number of aromatic amines is 1. The van der Waals surface area contributed by atoms with Gasteiger partial charge in [-0.3, -0.25) is 4.79 Å². The minimum absolute atomic E-state index is 0.0539. The molecule has 1 aromatic carbocycles. The molecule has 1 unspecified atom stereocenters. The van der Waals surface area contributed by atoms with Gasteiger partial charge in [0.05, 0.1) is 6.61 Å². The average molecular weight is 317 g/mol. The third-order valence-corrected chi connectivity index (χ3v) is 3.58. The molecule has 0 bridgehead atoms. The monoisotopic (exact) mass is 317 g/mol. The molecule has 1 heterocycles. The van der Waals surface area contributed by atoms with Gasteiger partial charge in [0.1, 0.15) is 5.75 Å². The Balaban J connectivity index is 1.72. The van der Waals surface area contributed by atoms with Crippen LogP contribution < -0.4 is 4.74 Å². The van der Waals surface area contributed by atoms with Crippen LogP contribution >= 0.6 is 0 Å². The van der Waals surface area contributed by atoms with Crippen LogP contribution in [0.3, 0.4) is 0 Å². The Labute approximate surface area is 136 Å². The molecule has 0 aliphatic rings. The molecule has 124 valence electrons. The van der Waals surface area contributed by atoms with Crippen molar-refractivity contribution in [1.82, 2.24) is 25.5 Å². The maximum absolute atomic E-state index is 12.3. The second kappa shape index (κ2) is 8.87. The van der Waals surface area contributed by atoms with Crippen molar-refractivity contribution in [2.75, 3.05) is 19.7 Å². The number of hydrogen-bond donors (Lipinski definition) is 1. The van der Waals surface area contributed by atoms with Crippen molar-refractivity contribution >= 4 is 5.91 Å². The number of para-hydroxylation sites is 1. The van der Waals surface area contributed by atoms with Gasteiger partial charge in [-0.2, -0.15) is 5.21 Å². The second-order valence-electron chi connectivity index (χ2n) is 5.37. The highest BCUT2D eigenvalue weighted by Crippen LogP contribution is 2.12. The topological polar surface area (TPSA) is 84.0 Å². The van der Waals surface area contributed by atoms with Crippen LogP contribution in [0.1, 0.15) is 38.4 Å². The lowest BCUT2D eigenvalue weighted by Gasteiger charge is -2.23. The van der Waals surface area contributed by atoms with E-state index in [-0.39, 0.29) is 11.8 Å². The fraction of sp³-hybridized carbons (Fsp3) is 0.500. The standard InChI is InChI=1S/C16H23N5O2/c1-3-21(12-13(2)16-17-19-20-18-16)15(22)10-7-11-23-14-8-5-4-6-9-14/h4-6,8-9,13H,3,7,10-12H2,1-2H3,(H,17,18,19,20). The van der Waals surface area contributed by atoms with E-state index in [1.807, 2.05) is 49.1 Å². The van der Waals surface area contributed by atoms with Crippen LogP contribution in [0.2, 0.25) is 0 Å². The van der Waals surface area contributed by atoms with Crippen molar-refractivity contribution in [2.45, 2.75) is 32.6 Å². The van der Waals surface area contributed by atoms with Gasteiger partial charge < -0.3 is 9.64 Å². The van der Waals surface area contributed by atoms with Crippen LogP contribution in [0.5, 0.6) is 5.75 Å². The highest BCUT2D eigenvalue weighted by atomic mass is 16.5. The van der Waals surface area contributed by atoms with Gasteiger partial charge in [-0.1, -0.05) is 30.3 Å². The summed E-state index contributed by atoms with van der Waals surface area (Å²) < 4.78 is 5.61. The number of tetrazole rings is 1. The predicted molar refractivity (Wildman–Crippen MR) is 86.0 cm³/mol. The van der Waals surface area contributed by atoms with Crippen molar-refractivity contribution < 1.29 is 9.53 Å². The summed E-state index contributed by atoms with van der Waals surface area (Å²) in [4.78, 5) is 14.1. The molecule has 0 aliphatic heterocycles. The summed E-state index contributed by atoms with van der Waals surface area (Å²) in [5.74, 6) is 1.64. The molecular weight excluding hydrogens is 294 g/mol. The molecule has 2 aromatic rings. The Bertz CT molecular complexity index is 573. The number of ether oxygens (including phenoxy) is 1. The van der Waals surface area contributed by atoms with Crippen LogP contribution in [0.15, 0.2) is 30.3 Å². The molecule has 1 amide bonds. The quantitative estimate of drug-likeness (QED) is 0.715. The number of benzene rings is 1. The molecule has 0 radical (unpaired) electrons. The number of aromatic nitrogens is 4. The van der Waals surface area contributed by atoms with Gasteiger partial charge >= 0.3 is 0 Å². The summed E-state index contributed by atoms with van der Waals surface area (Å²) in [5, 5.41) is 13.9. The number of likely N-dealkylation sites (N-methyl/N-ethyl adjacent to an activating group) is 1. The maximum Gasteiger partial charge on any atom is 0.222 e. The van der Waals surface area contributed by atoms with E-state index < -0.39 is 0 Å². The normalized spacial score (nSPS) is 11.9. The number of H-pyrrole nitrogens is 1. The van der Waals surface area contributed by atoms with E-state index >= 15 is 0 Å². The number of nitrogens with one attached hydrogen (secondary N) is 1. The molecule has 1 aromatic heterocycles. The number of rotatable bonds is 9. The molecular formula is C16H23N5O2. The predicted octanol–water partition coefficient (Wildman–Crippen LogP) is 2.01. The Morgan fingerprint density at radius 3 is 2.78 bits per heavy atom. The number of carbonyl (C=O) groups excluding carboxylic acids is 1. The summed E-state index contributed by atoms with van der Waals surface area (Å²) in [6, 6.07) is 9.62. The SMILES string of the molecule is CCN(CC(C)c1nn[nH]n1)C(=O)CCCOc1ccccc1. The zero-order valence-electron chi connectivity index (χ0n) is 13.6. The first-order valence-corrected chi connectivity index (χ1v) is 7.89. The van der Waals surface area contributed by atoms with Gasteiger partial charge in [0, 0.05) is 25.4 Å². The van der Waals surface area contributed by atoms with Crippen LogP contribution in [0.4, 0.5) is 0 Å². The number of nitrogens with zero attached hydrogens (tertiary/aromatic N) is 4. The fourth-order valence-electron chi connectivity index (χ4n) is 2.29. The maximum atomic E-state index is 12.3. The van der Waals surface area contributed by atoms with E-state index in [1.165, 1.54) is 0 Å². The fourth-order valence-corrected chi connectivity index (χ4v) is 2.29. The highest BCUT2D eigenvalue weighted by Gasteiger charge is 2.18. The second-order valence-corrected chi connectivity index (χ2v) is 5.37. The van der Waals surface area contributed by atoms with E-state index in [2.05, 4.69) is 20.6 Å².